The fourth-order valence-electron chi connectivity index (χ4n) is 3.11. The van der Waals surface area contributed by atoms with Crippen molar-refractivity contribution in [1.82, 2.24) is 10.2 Å². The number of amides is 2. The van der Waals surface area contributed by atoms with Crippen LogP contribution < -0.4 is 16.4 Å². The Morgan fingerprint density at radius 3 is 2.38 bits per heavy atom. The monoisotopic (exact) mass is 372 g/mol. The van der Waals surface area contributed by atoms with Crippen LogP contribution >= 0.6 is 11.6 Å². The predicted molar refractivity (Wildman–Crippen MR) is 106 cm³/mol. The quantitative estimate of drug-likeness (QED) is 0.751. The molecule has 0 radical (unpaired) electrons. The van der Waals surface area contributed by atoms with E-state index >= 15 is 0 Å². The van der Waals surface area contributed by atoms with Crippen molar-refractivity contribution in [1.29, 1.82) is 0 Å². The Bertz CT molecular complexity index is 727. The van der Waals surface area contributed by atoms with E-state index in [9.17, 15) is 4.79 Å². The van der Waals surface area contributed by atoms with Crippen LogP contribution in [0.1, 0.15) is 24.0 Å². The van der Waals surface area contributed by atoms with E-state index in [-0.39, 0.29) is 6.03 Å². The first-order valence-corrected chi connectivity index (χ1v) is 9.35. The number of carbonyl (C=O) groups is 1. The van der Waals surface area contributed by atoms with Gasteiger partial charge in [0.25, 0.3) is 0 Å². The second-order valence-corrected chi connectivity index (χ2v) is 6.97. The second-order valence-electron chi connectivity index (χ2n) is 6.56. The van der Waals surface area contributed by atoms with Crippen LogP contribution in [0.3, 0.4) is 0 Å². The number of anilines is 1. The van der Waals surface area contributed by atoms with Crippen molar-refractivity contribution in [3.63, 3.8) is 0 Å². The molecule has 2 aromatic rings. The van der Waals surface area contributed by atoms with Crippen molar-refractivity contribution in [2.75, 3.05) is 18.4 Å². The van der Waals surface area contributed by atoms with Crippen LogP contribution in [0.15, 0.2) is 48.5 Å². The van der Waals surface area contributed by atoms with Gasteiger partial charge in [0.15, 0.2) is 0 Å². The first-order chi connectivity index (χ1) is 12.7. The average Bonchev–Trinajstić information content (AvgIpc) is 2.69. The van der Waals surface area contributed by atoms with Crippen LogP contribution in [0.5, 0.6) is 0 Å². The minimum absolute atomic E-state index is 0.0101. The second kappa shape index (κ2) is 8.92. The third kappa shape index (κ3) is 4.90. The summed E-state index contributed by atoms with van der Waals surface area (Å²) in [5.41, 5.74) is 8.72. The molecule has 1 heterocycles. The van der Waals surface area contributed by atoms with Crippen LogP contribution in [0.25, 0.3) is 0 Å². The lowest BCUT2D eigenvalue weighted by atomic mass is 10.0. The summed E-state index contributed by atoms with van der Waals surface area (Å²) in [6, 6.07) is 16.1. The number of urea groups is 1. The van der Waals surface area contributed by atoms with E-state index in [1.165, 1.54) is 0 Å². The summed E-state index contributed by atoms with van der Waals surface area (Å²) in [7, 11) is 0. The molecule has 5 nitrogen and oxygen atoms in total. The molecular formula is C20H25ClN4O. The highest BCUT2D eigenvalue weighted by Crippen LogP contribution is 2.24. The molecular weight excluding hydrogens is 348 g/mol. The summed E-state index contributed by atoms with van der Waals surface area (Å²) >= 11 is 6.20. The first-order valence-electron chi connectivity index (χ1n) is 8.97. The number of nitrogens with zero attached hydrogens (tertiary/aromatic N) is 1. The standard InChI is InChI=1S/C20H25ClN4O/c21-18-3-1-2-4-19(18)24-17-9-11-25(12-10-17)20(26)23-14-16-7-5-15(13-22)6-8-16/h1-8,17,24H,9-14,22H2,(H,23,26). The van der Waals surface area contributed by atoms with Gasteiger partial charge in [-0.15, -0.1) is 0 Å². The van der Waals surface area contributed by atoms with Gasteiger partial charge in [-0.1, -0.05) is 48.0 Å². The summed E-state index contributed by atoms with van der Waals surface area (Å²) in [5.74, 6) is 0. The van der Waals surface area contributed by atoms with Gasteiger partial charge in [-0.05, 0) is 36.1 Å². The van der Waals surface area contributed by atoms with Crippen LogP contribution in [0.4, 0.5) is 10.5 Å². The molecule has 4 N–H and O–H groups in total. The van der Waals surface area contributed by atoms with Crippen LogP contribution in [-0.4, -0.2) is 30.1 Å². The van der Waals surface area contributed by atoms with E-state index in [0.29, 0.717) is 19.1 Å². The Hall–Kier alpha value is -2.24. The molecule has 6 heteroatoms. The lowest BCUT2D eigenvalue weighted by molar-refractivity contribution is 0.183. The predicted octanol–water partition coefficient (Wildman–Crippen LogP) is 3.58. The maximum Gasteiger partial charge on any atom is 0.317 e. The Morgan fingerprint density at radius 1 is 1.08 bits per heavy atom. The molecule has 0 spiro atoms. The Kier molecular flexibility index (Phi) is 6.36. The van der Waals surface area contributed by atoms with E-state index in [4.69, 9.17) is 17.3 Å². The maximum absolute atomic E-state index is 12.4. The zero-order valence-corrected chi connectivity index (χ0v) is 15.5. The summed E-state index contributed by atoms with van der Waals surface area (Å²) in [6.45, 7) is 2.53. The highest BCUT2D eigenvalue weighted by Gasteiger charge is 2.22. The highest BCUT2D eigenvalue weighted by molar-refractivity contribution is 6.33. The number of nitrogens with two attached hydrogens (primary N) is 1. The molecule has 0 aliphatic carbocycles. The number of rotatable bonds is 5. The van der Waals surface area contributed by atoms with E-state index in [1.54, 1.807) is 0 Å². The third-order valence-electron chi connectivity index (χ3n) is 4.72. The molecule has 0 aromatic heterocycles. The summed E-state index contributed by atoms with van der Waals surface area (Å²) < 4.78 is 0. The van der Waals surface area contributed by atoms with Crippen LogP contribution in [0.2, 0.25) is 5.02 Å². The topological polar surface area (TPSA) is 70.4 Å². The van der Waals surface area contributed by atoms with Gasteiger partial charge in [0, 0.05) is 32.2 Å². The lowest BCUT2D eigenvalue weighted by Gasteiger charge is -2.33. The molecule has 1 aliphatic rings. The lowest BCUT2D eigenvalue weighted by Crippen LogP contribution is -2.46. The molecule has 0 saturated carbocycles. The minimum atomic E-state index is -0.0101. The largest absolute Gasteiger partial charge is 0.381 e. The van der Waals surface area contributed by atoms with E-state index in [2.05, 4.69) is 10.6 Å². The smallest absolute Gasteiger partial charge is 0.317 e. The van der Waals surface area contributed by atoms with Crippen molar-refractivity contribution >= 4 is 23.3 Å². The minimum Gasteiger partial charge on any atom is -0.381 e. The number of halogens is 1. The average molecular weight is 373 g/mol. The maximum atomic E-state index is 12.4. The van der Waals surface area contributed by atoms with Gasteiger partial charge in [0.2, 0.25) is 0 Å². The highest BCUT2D eigenvalue weighted by atomic mass is 35.5. The number of nitrogens with one attached hydrogen (secondary N) is 2. The molecule has 1 fully saturated rings. The zero-order chi connectivity index (χ0) is 18.4. The van der Waals surface area contributed by atoms with Gasteiger partial charge in [0.05, 0.1) is 10.7 Å². The van der Waals surface area contributed by atoms with Crippen molar-refractivity contribution in [3.8, 4) is 0 Å². The summed E-state index contributed by atoms with van der Waals surface area (Å²) in [5, 5.41) is 7.20. The number of piperidine rings is 1. The fourth-order valence-corrected chi connectivity index (χ4v) is 3.30. The Morgan fingerprint density at radius 2 is 1.73 bits per heavy atom. The van der Waals surface area contributed by atoms with Crippen molar-refractivity contribution in [2.24, 2.45) is 5.73 Å². The van der Waals surface area contributed by atoms with Crippen molar-refractivity contribution in [3.05, 3.63) is 64.7 Å². The Balaban J connectivity index is 1.43. The molecule has 0 bridgehead atoms. The molecule has 0 unspecified atom stereocenters. The number of carbonyl (C=O) groups excluding carboxylic acids is 1. The molecule has 2 aromatic carbocycles. The molecule has 3 rings (SSSR count). The van der Waals surface area contributed by atoms with E-state index in [1.807, 2.05) is 53.4 Å². The van der Waals surface area contributed by atoms with Gasteiger partial charge in [-0.3, -0.25) is 0 Å². The molecule has 1 saturated heterocycles. The number of hydrogen-bond donors (Lipinski definition) is 3. The number of para-hydroxylation sites is 1. The third-order valence-corrected chi connectivity index (χ3v) is 5.05. The van der Waals surface area contributed by atoms with E-state index < -0.39 is 0 Å². The molecule has 0 atom stereocenters. The van der Waals surface area contributed by atoms with Gasteiger partial charge >= 0.3 is 6.03 Å². The van der Waals surface area contributed by atoms with E-state index in [0.717, 1.165) is 47.8 Å². The van der Waals surface area contributed by atoms with Gasteiger partial charge in [-0.25, -0.2) is 4.79 Å². The van der Waals surface area contributed by atoms with Crippen LogP contribution in [0, 0.1) is 0 Å². The fraction of sp³-hybridized carbons (Fsp3) is 0.350. The van der Waals surface area contributed by atoms with Crippen LogP contribution in [-0.2, 0) is 13.1 Å². The number of likely N-dealkylation sites (tertiary alicyclic amines) is 1. The van der Waals surface area contributed by atoms with Gasteiger partial charge in [0.1, 0.15) is 0 Å². The van der Waals surface area contributed by atoms with Crippen molar-refractivity contribution in [2.45, 2.75) is 32.0 Å². The molecule has 26 heavy (non-hydrogen) atoms. The Labute approximate surface area is 159 Å². The zero-order valence-electron chi connectivity index (χ0n) is 14.7. The normalized spacial score (nSPS) is 14.9. The summed E-state index contributed by atoms with van der Waals surface area (Å²) in [6.07, 6.45) is 1.81. The SMILES string of the molecule is NCc1ccc(CNC(=O)N2CCC(Nc3ccccc3Cl)CC2)cc1. The number of benzene rings is 2. The number of hydrogen-bond acceptors (Lipinski definition) is 3. The van der Waals surface area contributed by atoms with Crippen molar-refractivity contribution < 1.29 is 4.79 Å². The molecule has 1 aliphatic heterocycles. The first kappa shape index (κ1) is 18.5. The molecule has 2 amide bonds. The summed E-state index contributed by atoms with van der Waals surface area (Å²) in [4.78, 5) is 14.2. The molecule has 138 valence electrons. The van der Waals surface area contributed by atoms with Gasteiger partial charge in [-0.2, -0.15) is 0 Å². The van der Waals surface area contributed by atoms with Gasteiger partial charge < -0.3 is 21.3 Å².